The third kappa shape index (κ3) is 2.48. The molecule has 3 N–H and O–H groups in total. The summed E-state index contributed by atoms with van der Waals surface area (Å²) in [5.74, 6) is -0.823. The molecule has 3 rings (SSSR count). The minimum absolute atomic E-state index is 0.577. The lowest BCUT2D eigenvalue weighted by Gasteiger charge is -2.32. The molecule has 0 saturated carbocycles. The Hall–Kier alpha value is -0.280. The molecule has 20 heavy (non-hydrogen) atoms. The van der Waals surface area contributed by atoms with Crippen molar-refractivity contribution in [2.75, 3.05) is 13.1 Å². The highest BCUT2D eigenvalue weighted by Crippen LogP contribution is 2.39. The maximum Gasteiger partial charge on any atom is 0.184 e. The summed E-state index contributed by atoms with van der Waals surface area (Å²) in [5.41, 5.74) is 0. The number of aliphatic hydroxyl groups is 3. The van der Waals surface area contributed by atoms with E-state index in [-0.39, 0.29) is 0 Å². The van der Waals surface area contributed by atoms with Gasteiger partial charge in [0.15, 0.2) is 12.1 Å². The van der Waals surface area contributed by atoms with Crippen LogP contribution in [0, 0.1) is 0 Å². The van der Waals surface area contributed by atoms with Gasteiger partial charge in [-0.05, 0) is 26.7 Å². The molecule has 3 saturated heterocycles. The fourth-order valence-corrected chi connectivity index (χ4v) is 3.27. The predicted molar refractivity (Wildman–Crippen MR) is 67.5 cm³/mol. The van der Waals surface area contributed by atoms with E-state index in [0.717, 1.165) is 25.9 Å². The molecular weight excluding hydrogens is 266 g/mol. The Balaban J connectivity index is 1.70. The van der Waals surface area contributed by atoms with E-state index >= 15 is 0 Å². The van der Waals surface area contributed by atoms with Crippen molar-refractivity contribution in [3.8, 4) is 0 Å². The van der Waals surface area contributed by atoms with E-state index in [1.165, 1.54) is 0 Å². The monoisotopic (exact) mass is 289 g/mol. The zero-order valence-corrected chi connectivity index (χ0v) is 11.8. The van der Waals surface area contributed by atoms with E-state index in [1.807, 2.05) is 4.90 Å². The van der Waals surface area contributed by atoms with Crippen LogP contribution in [0.25, 0.3) is 0 Å². The lowest BCUT2D eigenvalue weighted by Crippen LogP contribution is -2.51. The van der Waals surface area contributed by atoms with E-state index in [9.17, 15) is 15.3 Å². The molecule has 3 heterocycles. The van der Waals surface area contributed by atoms with Gasteiger partial charge >= 0.3 is 0 Å². The average Bonchev–Trinajstić information content (AvgIpc) is 3.05. The molecule has 3 aliphatic rings. The van der Waals surface area contributed by atoms with Crippen LogP contribution in [0.15, 0.2) is 0 Å². The zero-order valence-electron chi connectivity index (χ0n) is 11.8. The summed E-state index contributed by atoms with van der Waals surface area (Å²) >= 11 is 0. The second-order valence-electron chi connectivity index (χ2n) is 6.20. The van der Waals surface area contributed by atoms with Crippen LogP contribution in [0.4, 0.5) is 0 Å². The van der Waals surface area contributed by atoms with Gasteiger partial charge in [0.2, 0.25) is 0 Å². The van der Waals surface area contributed by atoms with Crippen molar-refractivity contribution < 1.29 is 29.5 Å². The SMILES string of the molecule is CC1(C)O[C@H]2[C@@H]([C@H](O)C(O)N3CCCC3)O[C@H](O)[C@H]2O1. The summed E-state index contributed by atoms with van der Waals surface area (Å²) in [6, 6.07) is 0. The highest BCUT2D eigenvalue weighted by molar-refractivity contribution is 4.99. The van der Waals surface area contributed by atoms with Gasteiger partial charge in [0.25, 0.3) is 0 Å². The molecule has 6 atom stereocenters. The summed E-state index contributed by atoms with van der Waals surface area (Å²) in [6.07, 6.45) is -3.29. The van der Waals surface area contributed by atoms with Crippen LogP contribution in [-0.4, -0.2) is 76.0 Å². The summed E-state index contributed by atoms with van der Waals surface area (Å²) < 4.78 is 16.6. The third-order valence-electron chi connectivity index (χ3n) is 4.22. The van der Waals surface area contributed by atoms with E-state index in [1.54, 1.807) is 13.8 Å². The molecule has 0 aromatic carbocycles. The molecule has 7 nitrogen and oxygen atoms in total. The number of ether oxygens (including phenoxy) is 3. The smallest absolute Gasteiger partial charge is 0.184 e. The van der Waals surface area contributed by atoms with Crippen LogP contribution in [-0.2, 0) is 14.2 Å². The maximum atomic E-state index is 10.3. The summed E-state index contributed by atoms with van der Waals surface area (Å²) in [6.45, 7) is 5.01. The van der Waals surface area contributed by atoms with Gasteiger partial charge in [0, 0.05) is 13.1 Å². The van der Waals surface area contributed by atoms with Crippen LogP contribution in [0.5, 0.6) is 0 Å². The molecule has 0 amide bonds. The lowest BCUT2D eigenvalue weighted by atomic mass is 10.0. The first-order valence-corrected chi connectivity index (χ1v) is 7.18. The number of nitrogens with zero attached hydrogens (tertiary/aromatic N) is 1. The van der Waals surface area contributed by atoms with Crippen molar-refractivity contribution >= 4 is 0 Å². The van der Waals surface area contributed by atoms with Crippen molar-refractivity contribution in [1.29, 1.82) is 0 Å². The van der Waals surface area contributed by atoms with Gasteiger partial charge in [0.05, 0.1) is 0 Å². The molecule has 3 aliphatic heterocycles. The fraction of sp³-hybridized carbons (Fsp3) is 1.00. The molecule has 0 spiro atoms. The second kappa shape index (κ2) is 5.17. The molecule has 0 aromatic rings. The Morgan fingerprint density at radius 1 is 1.10 bits per heavy atom. The van der Waals surface area contributed by atoms with E-state index in [4.69, 9.17) is 14.2 Å². The zero-order chi connectivity index (χ0) is 14.5. The minimum Gasteiger partial charge on any atom is -0.386 e. The highest BCUT2D eigenvalue weighted by Gasteiger charge is 2.57. The topological polar surface area (TPSA) is 91.6 Å². The van der Waals surface area contributed by atoms with Gasteiger partial charge in [-0.3, -0.25) is 4.90 Å². The largest absolute Gasteiger partial charge is 0.386 e. The summed E-state index contributed by atoms with van der Waals surface area (Å²) in [4.78, 5) is 1.81. The van der Waals surface area contributed by atoms with Gasteiger partial charge in [-0.25, -0.2) is 0 Å². The van der Waals surface area contributed by atoms with Crippen molar-refractivity contribution in [3.05, 3.63) is 0 Å². The summed E-state index contributed by atoms with van der Waals surface area (Å²) in [7, 11) is 0. The first-order chi connectivity index (χ1) is 9.39. The van der Waals surface area contributed by atoms with Gasteiger partial charge in [-0.15, -0.1) is 0 Å². The Labute approximate surface area is 118 Å². The summed E-state index contributed by atoms with van der Waals surface area (Å²) in [5, 5.41) is 30.4. The normalized spacial score (nSPS) is 43.6. The number of likely N-dealkylation sites (tertiary alicyclic amines) is 1. The van der Waals surface area contributed by atoms with Crippen molar-refractivity contribution in [2.24, 2.45) is 0 Å². The Bertz CT molecular complexity index is 359. The lowest BCUT2D eigenvalue weighted by molar-refractivity contribution is -0.241. The first-order valence-electron chi connectivity index (χ1n) is 7.18. The molecule has 7 heteroatoms. The van der Waals surface area contributed by atoms with Gasteiger partial charge in [0.1, 0.15) is 30.6 Å². The van der Waals surface area contributed by atoms with Crippen LogP contribution in [0.1, 0.15) is 26.7 Å². The Kier molecular flexibility index (Phi) is 3.79. The van der Waals surface area contributed by atoms with Crippen molar-refractivity contribution in [3.63, 3.8) is 0 Å². The molecular formula is C13H23NO6. The molecule has 0 aliphatic carbocycles. The number of fused-ring (bicyclic) bond motifs is 1. The van der Waals surface area contributed by atoms with E-state index < -0.39 is 42.7 Å². The maximum absolute atomic E-state index is 10.3. The molecule has 116 valence electrons. The quantitative estimate of drug-likeness (QED) is 0.614. The number of hydrogen-bond acceptors (Lipinski definition) is 7. The van der Waals surface area contributed by atoms with Gasteiger partial charge in [-0.2, -0.15) is 0 Å². The van der Waals surface area contributed by atoms with Crippen molar-refractivity contribution in [1.82, 2.24) is 4.90 Å². The van der Waals surface area contributed by atoms with Crippen LogP contribution < -0.4 is 0 Å². The average molecular weight is 289 g/mol. The molecule has 0 radical (unpaired) electrons. The van der Waals surface area contributed by atoms with Crippen LogP contribution in [0.2, 0.25) is 0 Å². The van der Waals surface area contributed by atoms with Crippen molar-refractivity contribution in [2.45, 2.75) is 69.4 Å². The molecule has 0 aromatic heterocycles. The predicted octanol–water partition coefficient (Wildman–Crippen LogP) is -1.00. The highest BCUT2D eigenvalue weighted by atomic mass is 16.8. The number of hydrogen-bond donors (Lipinski definition) is 3. The number of aliphatic hydroxyl groups excluding tert-OH is 3. The van der Waals surface area contributed by atoms with Gasteiger partial charge in [-0.1, -0.05) is 0 Å². The van der Waals surface area contributed by atoms with E-state index in [0.29, 0.717) is 0 Å². The van der Waals surface area contributed by atoms with Crippen LogP contribution in [0.3, 0.4) is 0 Å². The third-order valence-corrected chi connectivity index (χ3v) is 4.22. The standard InChI is InChI=1S/C13H23NO6/c1-13(2)19-9-8(18-12(17)10(9)20-13)7(15)11(16)14-5-3-4-6-14/h7-12,15-17H,3-6H2,1-2H3/t7-,8+,9-,10-,11?,12-/m0/s1. The molecule has 0 bridgehead atoms. The Morgan fingerprint density at radius 2 is 1.70 bits per heavy atom. The van der Waals surface area contributed by atoms with Gasteiger partial charge < -0.3 is 29.5 Å². The first kappa shape index (κ1) is 14.6. The van der Waals surface area contributed by atoms with Crippen LogP contribution >= 0.6 is 0 Å². The molecule has 3 fully saturated rings. The molecule has 1 unspecified atom stereocenters. The number of rotatable bonds is 3. The Morgan fingerprint density at radius 3 is 2.35 bits per heavy atom. The fourth-order valence-electron chi connectivity index (χ4n) is 3.27. The van der Waals surface area contributed by atoms with E-state index in [2.05, 4.69) is 0 Å². The minimum atomic E-state index is -1.15. The second-order valence-corrected chi connectivity index (χ2v) is 6.20.